The van der Waals surface area contributed by atoms with Crippen LogP contribution in [0.4, 0.5) is 0 Å². The molecule has 1 aliphatic carbocycles. The molecule has 1 fully saturated rings. The molecule has 4 rings (SSSR count). The van der Waals surface area contributed by atoms with Crippen LogP contribution >= 0.6 is 11.6 Å². The zero-order valence-electron chi connectivity index (χ0n) is 14.5. The molecule has 0 aliphatic heterocycles. The van der Waals surface area contributed by atoms with Crippen LogP contribution in [0.2, 0.25) is 5.02 Å². The number of aryl methyl sites for hydroxylation is 1. The van der Waals surface area contributed by atoms with Crippen molar-refractivity contribution in [3.05, 3.63) is 82.9 Å². The van der Waals surface area contributed by atoms with Gasteiger partial charge in [0.25, 0.3) is 0 Å². The van der Waals surface area contributed by atoms with Crippen molar-refractivity contribution in [2.24, 2.45) is 5.92 Å². The number of halogens is 1. The second-order valence-corrected chi connectivity index (χ2v) is 7.07. The van der Waals surface area contributed by atoms with E-state index in [2.05, 4.69) is 10.3 Å². The average Bonchev–Trinajstić information content (AvgIpc) is 3.34. The Labute approximate surface area is 157 Å². The van der Waals surface area contributed by atoms with E-state index in [0.717, 1.165) is 34.1 Å². The lowest BCUT2D eigenvalue weighted by atomic mass is 10.1. The molecule has 4 nitrogen and oxygen atoms in total. The number of benzene rings is 2. The monoisotopic (exact) mass is 365 g/mol. The van der Waals surface area contributed by atoms with E-state index in [1.54, 1.807) is 6.20 Å². The number of carbonyl (C=O) groups excluding carboxylic acids is 1. The van der Waals surface area contributed by atoms with Gasteiger partial charge in [-0.1, -0.05) is 48.0 Å². The molecule has 0 saturated heterocycles. The molecule has 2 atom stereocenters. The topological polar surface area (TPSA) is 46.9 Å². The van der Waals surface area contributed by atoms with Crippen molar-refractivity contribution in [2.75, 3.05) is 0 Å². The van der Waals surface area contributed by atoms with Crippen LogP contribution in [0.15, 0.2) is 60.9 Å². The standard InChI is InChI=1S/C21H20ClN3O/c1-14-23-10-11-25(14)20-9-5-2-6-15(20)13-24-21(26)18-12-17(18)16-7-3-4-8-19(16)22/h2-11,17-18H,12-13H2,1H3,(H,24,26)/t17-,18+/m0/s1. The van der Waals surface area contributed by atoms with Crippen molar-refractivity contribution in [2.45, 2.75) is 25.8 Å². The van der Waals surface area contributed by atoms with Crippen LogP contribution in [0.1, 0.15) is 29.3 Å². The van der Waals surface area contributed by atoms with Gasteiger partial charge in [0.05, 0.1) is 5.69 Å². The van der Waals surface area contributed by atoms with Crippen molar-refractivity contribution in [1.29, 1.82) is 0 Å². The molecule has 1 heterocycles. The molecule has 0 bridgehead atoms. The molecule has 5 heteroatoms. The number of para-hydroxylation sites is 1. The molecule has 0 unspecified atom stereocenters. The largest absolute Gasteiger partial charge is 0.352 e. The molecule has 1 N–H and O–H groups in total. The molecule has 3 aromatic rings. The molecular weight excluding hydrogens is 346 g/mol. The third kappa shape index (κ3) is 3.25. The summed E-state index contributed by atoms with van der Waals surface area (Å²) in [5.41, 5.74) is 3.18. The fourth-order valence-corrected chi connectivity index (χ4v) is 3.72. The average molecular weight is 366 g/mol. The second-order valence-electron chi connectivity index (χ2n) is 6.66. The van der Waals surface area contributed by atoms with Gasteiger partial charge >= 0.3 is 0 Å². The van der Waals surface area contributed by atoms with Crippen molar-refractivity contribution in [1.82, 2.24) is 14.9 Å². The van der Waals surface area contributed by atoms with Gasteiger partial charge < -0.3 is 9.88 Å². The van der Waals surface area contributed by atoms with E-state index >= 15 is 0 Å². The van der Waals surface area contributed by atoms with Gasteiger partial charge in [0.2, 0.25) is 5.91 Å². The minimum absolute atomic E-state index is 0.0112. The van der Waals surface area contributed by atoms with E-state index in [4.69, 9.17) is 11.6 Å². The summed E-state index contributed by atoms with van der Waals surface area (Å²) in [5, 5.41) is 3.83. The Kier molecular flexibility index (Phi) is 4.51. The zero-order chi connectivity index (χ0) is 18.1. The Balaban J connectivity index is 1.44. The summed E-state index contributed by atoms with van der Waals surface area (Å²) in [4.78, 5) is 16.8. The number of aromatic nitrogens is 2. The van der Waals surface area contributed by atoms with Crippen LogP contribution < -0.4 is 5.32 Å². The lowest BCUT2D eigenvalue weighted by molar-refractivity contribution is -0.122. The Bertz CT molecular complexity index is 950. The predicted octanol–water partition coefficient (Wildman–Crippen LogP) is 4.25. The number of imidazole rings is 1. The van der Waals surface area contributed by atoms with Gasteiger partial charge in [0.1, 0.15) is 5.82 Å². The molecule has 132 valence electrons. The SMILES string of the molecule is Cc1nccn1-c1ccccc1CNC(=O)[C@@H]1C[C@H]1c1ccccc1Cl. The quantitative estimate of drug-likeness (QED) is 0.734. The van der Waals surface area contributed by atoms with Crippen LogP contribution in [-0.2, 0) is 11.3 Å². The maximum Gasteiger partial charge on any atom is 0.224 e. The molecule has 2 aromatic carbocycles. The van der Waals surface area contributed by atoms with Crippen LogP contribution in [0, 0.1) is 12.8 Å². The van der Waals surface area contributed by atoms with Gasteiger partial charge in [-0.05, 0) is 42.5 Å². The van der Waals surface area contributed by atoms with Gasteiger partial charge in [-0.2, -0.15) is 0 Å². The first-order valence-corrected chi connectivity index (χ1v) is 9.13. The highest BCUT2D eigenvalue weighted by Crippen LogP contribution is 2.49. The number of amides is 1. The highest BCUT2D eigenvalue weighted by molar-refractivity contribution is 6.31. The first-order chi connectivity index (χ1) is 12.6. The Morgan fingerprint density at radius 3 is 2.77 bits per heavy atom. The maximum atomic E-state index is 12.6. The number of rotatable bonds is 5. The minimum atomic E-state index is 0.0112. The van der Waals surface area contributed by atoms with E-state index in [-0.39, 0.29) is 17.7 Å². The molecule has 1 aromatic heterocycles. The maximum absolute atomic E-state index is 12.6. The summed E-state index contributed by atoms with van der Waals surface area (Å²) < 4.78 is 2.03. The molecule has 26 heavy (non-hydrogen) atoms. The van der Waals surface area contributed by atoms with Gasteiger partial charge in [0.15, 0.2) is 0 Å². The highest BCUT2D eigenvalue weighted by Gasteiger charge is 2.44. The summed E-state index contributed by atoms with van der Waals surface area (Å²) >= 11 is 6.25. The third-order valence-electron chi connectivity index (χ3n) is 4.96. The fraction of sp³-hybridized carbons (Fsp3) is 0.238. The van der Waals surface area contributed by atoms with Gasteiger partial charge in [-0.3, -0.25) is 4.79 Å². The molecule has 1 amide bonds. The van der Waals surface area contributed by atoms with E-state index in [0.29, 0.717) is 6.54 Å². The normalized spacial score (nSPS) is 18.5. The van der Waals surface area contributed by atoms with Gasteiger partial charge in [-0.25, -0.2) is 4.98 Å². The smallest absolute Gasteiger partial charge is 0.224 e. The van der Waals surface area contributed by atoms with Crippen molar-refractivity contribution >= 4 is 17.5 Å². The lowest BCUT2D eigenvalue weighted by Crippen LogP contribution is -2.25. The van der Waals surface area contributed by atoms with E-state index < -0.39 is 0 Å². The van der Waals surface area contributed by atoms with Crippen LogP contribution in [0.25, 0.3) is 5.69 Å². The number of hydrogen-bond acceptors (Lipinski definition) is 2. The van der Waals surface area contributed by atoms with Crippen molar-refractivity contribution < 1.29 is 4.79 Å². The minimum Gasteiger partial charge on any atom is -0.352 e. The second kappa shape index (κ2) is 6.96. The van der Waals surface area contributed by atoms with Crippen molar-refractivity contribution in [3.63, 3.8) is 0 Å². The Morgan fingerprint density at radius 2 is 2.00 bits per heavy atom. The summed E-state index contributed by atoms with van der Waals surface area (Å²) in [7, 11) is 0. The van der Waals surface area contributed by atoms with E-state index in [1.165, 1.54) is 0 Å². The Hall–Kier alpha value is -2.59. The van der Waals surface area contributed by atoms with Crippen LogP contribution in [0.3, 0.4) is 0 Å². The van der Waals surface area contributed by atoms with Crippen LogP contribution in [-0.4, -0.2) is 15.5 Å². The molecular formula is C21H20ClN3O. The molecule has 1 aliphatic rings. The molecule has 1 saturated carbocycles. The molecule has 0 spiro atoms. The number of hydrogen-bond donors (Lipinski definition) is 1. The first-order valence-electron chi connectivity index (χ1n) is 8.75. The summed E-state index contributed by atoms with van der Waals surface area (Å²) in [6.45, 7) is 2.46. The summed E-state index contributed by atoms with van der Waals surface area (Å²) in [6.07, 6.45) is 4.57. The lowest BCUT2D eigenvalue weighted by Gasteiger charge is -2.13. The fourth-order valence-electron chi connectivity index (χ4n) is 3.45. The highest BCUT2D eigenvalue weighted by atomic mass is 35.5. The third-order valence-corrected chi connectivity index (χ3v) is 5.31. The zero-order valence-corrected chi connectivity index (χ0v) is 15.3. The number of nitrogens with one attached hydrogen (secondary N) is 1. The predicted molar refractivity (Wildman–Crippen MR) is 102 cm³/mol. The summed E-state index contributed by atoms with van der Waals surface area (Å²) in [5.74, 6) is 1.25. The Morgan fingerprint density at radius 1 is 1.23 bits per heavy atom. The van der Waals surface area contributed by atoms with E-state index in [1.807, 2.05) is 66.2 Å². The van der Waals surface area contributed by atoms with Gasteiger partial charge in [0, 0.05) is 29.9 Å². The number of nitrogens with zero attached hydrogens (tertiary/aromatic N) is 2. The van der Waals surface area contributed by atoms with Gasteiger partial charge in [-0.15, -0.1) is 0 Å². The summed E-state index contributed by atoms with van der Waals surface area (Å²) in [6, 6.07) is 15.8. The van der Waals surface area contributed by atoms with Crippen LogP contribution in [0.5, 0.6) is 0 Å². The molecule has 0 radical (unpaired) electrons. The van der Waals surface area contributed by atoms with E-state index in [9.17, 15) is 4.79 Å². The number of carbonyl (C=O) groups is 1. The first kappa shape index (κ1) is 16.9. The van der Waals surface area contributed by atoms with Crippen molar-refractivity contribution in [3.8, 4) is 5.69 Å².